The molecule has 1 aliphatic rings. The van der Waals surface area contributed by atoms with Crippen molar-refractivity contribution in [2.75, 3.05) is 33.2 Å². The number of hydrogen-bond donors (Lipinski definition) is 0. The minimum atomic E-state index is -4.48. The van der Waals surface area contributed by atoms with Crippen molar-refractivity contribution in [1.29, 1.82) is 0 Å². The number of likely N-dealkylation sites (tertiary alicyclic amines) is 1. The van der Waals surface area contributed by atoms with Crippen LogP contribution < -0.4 is 0 Å². The zero-order valence-electron chi connectivity index (χ0n) is 17.0. The van der Waals surface area contributed by atoms with Gasteiger partial charge in [0.15, 0.2) is 5.82 Å². The van der Waals surface area contributed by atoms with Crippen molar-refractivity contribution in [2.24, 2.45) is 0 Å². The average Bonchev–Trinajstić information content (AvgIpc) is 3.52. The molecule has 0 unspecified atom stereocenters. The van der Waals surface area contributed by atoms with Gasteiger partial charge in [-0.15, -0.1) is 16.4 Å². The highest BCUT2D eigenvalue weighted by Crippen LogP contribution is 2.32. The fraction of sp³-hybridized carbons (Fsp3) is 0.381. The lowest BCUT2D eigenvalue weighted by Gasteiger charge is -2.20. The molecule has 0 saturated carbocycles. The number of thiophene rings is 1. The minimum Gasteiger partial charge on any atom is -0.338 e. The maximum atomic E-state index is 13.2. The van der Waals surface area contributed by atoms with Crippen LogP contribution in [0.2, 0.25) is 0 Å². The van der Waals surface area contributed by atoms with E-state index in [1.165, 1.54) is 41.0 Å². The van der Waals surface area contributed by atoms with Gasteiger partial charge in [0.1, 0.15) is 0 Å². The molecule has 3 aromatic rings. The predicted molar refractivity (Wildman–Crippen MR) is 112 cm³/mol. The molecule has 0 aliphatic carbocycles. The van der Waals surface area contributed by atoms with Crippen LogP contribution in [0.3, 0.4) is 0 Å². The van der Waals surface area contributed by atoms with Gasteiger partial charge < -0.3 is 9.80 Å². The Morgan fingerprint density at radius 2 is 1.97 bits per heavy atom. The number of halogens is 3. The summed E-state index contributed by atoms with van der Waals surface area (Å²) in [7, 11) is 1.69. The van der Waals surface area contributed by atoms with Crippen molar-refractivity contribution < 1.29 is 18.0 Å². The number of alkyl halides is 3. The van der Waals surface area contributed by atoms with Crippen LogP contribution in [0.4, 0.5) is 13.2 Å². The highest BCUT2D eigenvalue weighted by Gasteiger charge is 2.31. The van der Waals surface area contributed by atoms with Crippen molar-refractivity contribution in [3.05, 3.63) is 53.2 Å². The fourth-order valence-electron chi connectivity index (χ4n) is 3.53. The van der Waals surface area contributed by atoms with Gasteiger partial charge >= 0.3 is 6.18 Å². The van der Waals surface area contributed by atoms with Crippen molar-refractivity contribution in [2.45, 2.75) is 19.0 Å². The van der Waals surface area contributed by atoms with E-state index in [1.807, 2.05) is 11.4 Å². The van der Waals surface area contributed by atoms with Crippen LogP contribution in [0.5, 0.6) is 0 Å². The molecule has 1 aromatic carbocycles. The smallest absolute Gasteiger partial charge is 0.338 e. The zero-order valence-corrected chi connectivity index (χ0v) is 17.8. The van der Waals surface area contributed by atoms with Crippen LogP contribution in [0.15, 0.2) is 41.8 Å². The second-order valence-corrected chi connectivity index (χ2v) is 8.42. The highest BCUT2D eigenvalue weighted by molar-refractivity contribution is 7.13. The molecule has 1 aliphatic heterocycles. The molecule has 0 N–H and O–H groups in total. The van der Waals surface area contributed by atoms with E-state index in [9.17, 15) is 18.0 Å². The summed E-state index contributed by atoms with van der Waals surface area (Å²) in [4.78, 5) is 21.9. The Bertz CT molecular complexity index is 1040. The average molecular weight is 450 g/mol. The summed E-state index contributed by atoms with van der Waals surface area (Å²) in [6, 6.07) is 8.47. The van der Waals surface area contributed by atoms with E-state index >= 15 is 0 Å². The molecular formula is C21H22F3N5OS. The Morgan fingerprint density at radius 1 is 1.19 bits per heavy atom. The van der Waals surface area contributed by atoms with Crippen molar-refractivity contribution in [3.8, 4) is 16.4 Å². The second kappa shape index (κ2) is 8.80. The zero-order chi connectivity index (χ0) is 22.0. The summed E-state index contributed by atoms with van der Waals surface area (Å²) in [5.74, 6) is -0.0573. The van der Waals surface area contributed by atoms with E-state index in [0.29, 0.717) is 17.2 Å². The van der Waals surface area contributed by atoms with E-state index in [4.69, 9.17) is 0 Å². The maximum absolute atomic E-state index is 13.2. The number of nitrogens with zero attached hydrogens (tertiary/aromatic N) is 5. The Kier molecular flexibility index (Phi) is 6.10. The molecule has 0 bridgehead atoms. The second-order valence-electron chi connectivity index (χ2n) is 7.47. The molecule has 164 valence electrons. The third-order valence-corrected chi connectivity index (χ3v) is 6.12. The largest absolute Gasteiger partial charge is 0.416 e. The number of aromatic nitrogens is 3. The maximum Gasteiger partial charge on any atom is 0.416 e. The van der Waals surface area contributed by atoms with E-state index in [2.05, 4.69) is 15.0 Å². The molecule has 6 nitrogen and oxygen atoms in total. The monoisotopic (exact) mass is 449 g/mol. The van der Waals surface area contributed by atoms with Gasteiger partial charge in [-0.05, 0) is 55.6 Å². The summed E-state index contributed by atoms with van der Waals surface area (Å²) in [5.41, 5.74) is -0.585. The van der Waals surface area contributed by atoms with Gasteiger partial charge in [-0.2, -0.15) is 13.2 Å². The molecule has 0 atom stereocenters. The van der Waals surface area contributed by atoms with Crippen molar-refractivity contribution >= 4 is 17.2 Å². The first-order valence-corrected chi connectivity index (χ1v) is 10.9. The van der Waals surface area contributed by atoms with Crippen LogP contribution in [0.1, 0.15) is 29.0 Å². The summed E-state index contributed by atoms with van der Waals surface area (Å²) in [6.45, 7) is 3.37. The lowest BCUT2D eigenvalue weighted by Crippen LogP contribution is -2.35. The first kappa shape index (κ1) is 21.5. The molecule has 1 fully saturated rings. The third-order valence-electron chi connectivity index (χ3n) is 5.26. The molecular weight excluding hydrogens is 427 g/mol. The standard InChI is InChI=1S/C21H22F3N5OS/c1-27(11-12-28-9-2-3-10-28)20(30)18-25-19(17-8-5-13-31-17)29(26-18)16-7-4-6-15(14-16)21(22,23)24/h4-8,13-14H,2-3,9-12H2,1H3. The molecule has 10 heteroatoms. The molecule has 0 spiro atoms. The normalized spacial score (nSPS) is 14.8. The third kappa shape index (κ3) is 4.80. The Hall–Kier alpha value is -2.72. The predicted octanol–water partition coefficient (Wildman–Crippen LogP) is 4.18. The van der Waals surface area contributed by atoms with Crippen LogP contribution in [0, 0.1) is 0 Å². The topological polar surface area (TPSA) is 54.3 Å². The van der Waals surface area contributed by atoms with Gasteiger partial charge in [0.25, 0.3) is 5.91 Å². The Morgan fingerprint density at radius 3 is 2.65 bits per heavy atom. The van der Waals surface area contributed by atoms with Crippen LogP contribution >= 0.6 is 11.3 Å². The molecule has 1 amide bonds. The van der Waals surface area contributed by atoms with E-state index in [0.717, 1.165) is 31.8 Å². The van der Waals surface area contributed by atoms with Crippen LogP contribution in [0.25, 0.3) is 16.4 Å². The minimum absolute atomic E-state index is 0.0373. The Labute approximate surface area is 181 Å². The highest BCUT2D eigenvalue weighted by atomic mass is 32.1. The Balaban J connectivity index is 1.64. The molecule has 2 aromatic heterocycles. The SMILES string of the molecule is CN(CCN1CCCC1)C(=O)c1nc(-c2cccs2)n(-c2cccc(C(F)(F)F)c2)n1. The van der Waals surface area contributed by atoms with Gasteiger partial charge in [-0.1, -0.05) is 12.1 Å². The number of rotatable bonds is 6. The molecule has 1 saturated heterocycles. The number of hydrogen-bond acceptors (Lipinski definition) is 5. The van der Waals surface area contributed by atoms with Crippen LogP contribution in [-0.4, -0.2) is 63.7 Å². The molecule has 3 heterocycles. The summed E-state index contributed by atoms with van der Waals surface area (Å²) in [5, 5.41) is 6.14. The summed E-state index contributed by atoms with van der Waals surface area (Å²) < 4.78 is 40.9. The lowest BCUT2D eigenvalue weighted by atomic mass is 10.2. The number of amides is 1. The van der Waals surface area contributed by atoms with E-state index in [1.54, 1.807) is 18.0 Å². The number of benzene rings is 1. The molecule has 4 rings (SSSR count). The lowest BCUT2D eigenvalue weighted by molar-refractivity contribution is -0.137. The van der Waals surface area contributed by atoms with Crippen LogP contribution in [-0.2, 0) is 6.18 Å². The molecule has 0 radical (unpaired) electrons. The number of carbonyl (C=O) groups is 1. The van der Waals surface area contributed by atoms with E-state index < -0.39 is 11.7 Å². The quantitative estimate of drug-likeness (QED) is 0.567. The number of carbonyl (C=O) groups excluding carboxylic acids is 1. The van der Waals surface area contributed by atoms with Gasteiger partial charge in [0, 0.05) is 20.1 Å². The number of likely N-dealkylation sites (N-methyl/N-ethyl adjacent to an activating group) is 1. The first-order valence-electron chi connectivity index (χ1n) is 9.99. The van der Waals surface area contributed by atoms with Crippen molar-refractivity contribution in [3.63, 3.8) is 0 Å². The fourth-order valence-corrected chi connectivity index (χ4v) is 4.23. The first-order chi connectivity index (χ1) is 14.8. The summed E-state index contributed by atoms with van der Waals surface area (Å²) >= 11 is 1.38. The van der Waals surface area contributed by atoms with Crippen molar-refractivity contribution in [1.82, 2.24) is 24.6 Å². The van der Waals surface area contributed by atoms with E-state index in [-0.39, 0.29) is 17.4 Å². The van der Waals surface area contributed by atoms with Gasteiger partial charge in [-0.25, -0.2) is 9.67 Å². The summed E-state index contributed by atoms with van der Waals surface area (Å²) in [6.07, 6.45) is -2.14. The van der Waals surface area contributed by atoms with Gasteiger partial charge in [0.05, 0.1) is 16.1 Å². The van der Waals surface area contributed by atoms with Gasteiger partial charge in [0.2, 0.25) is 5.82 Å². The molecule has 31 heavy (non-hydrogen) atoms. The van der Waals surface area contributed by atoms with Gasteiger partial charge in [-0.3, -0.25) is 4.79 Å².